The van der Waals surface area contributed by atoms with E-state index in [1.807, 2.05) is 30.3 Å². The van der Waals surface area contributed by atoms with Crippen LogP contribution in [0.5, 0.6) is 23.0 Å². The molecule has 0 unspecified atom stereocenters. The van der Waals surface area contributed by atoms with E-state index in [1.54, 1.807) is 12.1 Å². The van der Waals surface area contributed by atoms with Gasteiger partial charge in [0, 0.05) is 31.1 Å². The van der Waals surface area contributed by atoms with Crippen LogP contribution in [0.1, 0.15) is 43.2 Å². The number of nitrogens with one attached hydrogen (secondary N) is 1. The number of sulfonamides is 1. The molecule has 0 spiro atoms. The normalized spacial score (nSPS) is 13.8. The molecule has 4 aromatic rings. The summed E-state index contributed by atoms with van der Waals surface area (Å²) in [5, 5.41) is 3.18. The van der Waals surface area contributed by atoms with Crippen molar-refractivity contribution in [2.75, 3.05) is 39.3 Å². The first-order chi connectivity index (χ1) is 25.6. The zero-order valence-corrected chi connectivity index (χ0v) is 31.2. The Bertz CT molecular complexity index is 1950. The van der Waals surface area contributed by atoms with Crippen molar-refractivity contribution in [2.45, 2.75) is 62.0 Å². The second-order valence-corrected chi connectivity index (χ2v) is 14.6. The highest BCUT2D eigenvalue weighted by Gasteiger charge is 2.37. The molecule has 0 bridgehead atoms. The lowest BCUT2D eigenvalue weighted by Gasteiger charge is -2.35. The van der Waals surface area contributed by atoms with E-state index in [2.05, 4.69) is 5.32 Å². The minimum absolute atomic E-state index is 0.0305. The van der Waals surface area contributed by atoms with Gasteiger partial charge in [-0.2, -0.15) is 0 Å². The van der Waals surface area contributed by atoms with Gasteiger partial charge in [-0.1, -0.05) is 61.7 Å². The van der Waals surface area contributed by atoms with Crippen LogP contribution in [0.25, 0.3) is 0 Å². The van der Waals surface area contributed by atoms with E-state index in [4.69, 9.17) is 18.9 Å². The summed E-state index contributed by atoms with van der Waals surface area (Å²) in [5.41, 5.74) is 1.39. The predicted molar refractivity (Wildman–Crippen MR) is 200 cm³/mol. The maximum absolute atomic E-state index is 14.9. The number of benzene rings is 4. The maximum Gasteiger partial charge on any atom is 0.265 e. The number of rotatable bonds is 16. The molecule has 13 heteroatoms. The van der Waals surface area contributed by atoms with Gasteiger partial charge in [0.15, 0.2) is 11.5 Å². The SMILES string of the molecule is COc1ccc(OC)c(N(CC(=O)N(Cc2ccc(F)cc2)[C@H](Cc2ccccc2)C(=O)NC2CCCCC2)S(=O)(=O)c2ccc(OC)c(OC)c2)c1. The van der Waals surface area contributed by atoms with Gasteiger partial charge >= 0.3 is 0 Å². The average molecular weight is 748 g/mol. The number of ether oxygens (including phenoxy) is 4. The fourth-order valence-corrected chi connectivity index (χ4v) is 7.93. The molecule has 11 nitrogen and oxygen atoms in total. The lowest BCUT2D eigenvalue weighted by Crippen LogP contribution is -2.55. The van der Waals surface area contributed by atoms with Crippen LogP contribution in [0, 0.1) is 5.82 Å². The monoisotopic (exact) mass is 747 g/mol. The van der Waals surface area contributed by atoms with Crippen molar-refractivity contribution >= 4 is 27.5 Å². The van der Waals surface area contributed by atoms with E-state index < -0.39 is 34.3 Å². The van der Waals surface area contributed by atoms with Crippen molar-refractivity contribution in [2.24, 2.45) is 0 Å². The van der Waals surface area contributed by atoms with Gasteiger partial charge in [0.2, 0.25) is 11.8 Å². The first-order valence-electron chi connectivity index (χ1n) is 17.4. The zero-order chi connectivity index (χ0) is 38.0. The molecule has 1 N–H and O–H groups in total. The Balaban J connectivity index is 1.63. The van der Waals surface area contributed by atoms with Crippen LogP contribution < -0.4 is 28.6 Å². The highest BCUT2D eigenvalue weighted by molar-refractivity contribution is 7.92. The number of amides is 2. The Morgan fingerprint density at radius 2 is 1.43 bits per heavy atom. The standard InChI is InChI=1S/C40H46FN3O8S/c1-49-32-19-21-36(50-2)34(24-32)44(53(47,48)33-20-22-37(51-3)38(25-33)52-4)27-39(45)43(26-29-15-17-30(41)18-16-29)35(23-28-11-7-5-8-12-28)40(46)42-31-13-9-6-10-14-31/h5,7-8,11-12,15-22,24-25,31,35H,6,9-10,13-14,23,26-27H2,1-4H3,(H,42,46)/t35-/m1/s1. The third kappa shape index (κ3) is 9.58. The largest absolute Gasteiger partial charge is 0.497 e. The van der Waals surface area contributed by atoms with E-state index in [0.717, 1.165) is 42.0 Å². The van der Waals surface area contributed by atoms with E-state index >= 15 is 0 Å². The van der Waals surface area contributed by atoms with Gasteiger partial charge in [0.25, 0.3) is 10.0 Å². The van der Waals surface area contributed by atoms with Gasteiger partial charge in [-0.25, -0.2) is 12.8 Å². The zero-order valence-electron chi connectivity index (χ0n) is 30.4. The lowest BCUT2D eigenvalue weighted by molar-refractivity contribution is -0.140. The van der Waals surface area contributed by atoms with Gasteiger partial charge in [0.1, 0.15) is 29.9 Å². The Labute approximate surface area is 310 Å². The maximum atomic E-state index is 14.9. The Hall–Kier alpha value is -5.30. The van der Waals surface area contributed by atoms with Gasteiger partial charge in [-0.05, 0) is 60.4 Å². The number of carbonyl (C=O) groups is 2. The minimum atomic E-state index is -4.54. The summed E-state index contributed by atoms with van der Waals surface area (Å²) in [5.74, 6) is -0.544. The fourth-order valence-electron chi connectivity index (χ4n) is 6.49. The van der Waals surface area contributed by atoms with Crippen LogP contribution in [-0.2, 0) is 32.6 Å². The van der Waals surface area contributed by atoms with Gasteiger partial charge in [-0.3, -0.25) is 13.9 Å². The summed E-state index contributed by atoms with van der Waals surface area (Å²) in [7, 11) is 1.11. The first kappa shape index (κ1) is 38.9. The smallest absolute Gasteiger partial charge is 0.265 e. The number of methoxy groups -OCH3 is 4. The second-order valence-electron chi connectivity index (χ2n) is 12.8. The second kappa shape index (κ2) is 18.0. The van der Waals surface area contributed by atoms with E-state index in [0.29, 0.717) is 17.1 Å². The molecule has 1 saturated carbocycles. The Morgan fingerprint density at radius 3 is 2.08 bits per heavy atom. The van der Waals surface area contributed by atoms with Gasteiger partial charge in [-0.15, -0.1) is 0 Å². The highest BCUT2D eigenvalue weighted by Crippen LogP contribution is 2.38. The van der Waals surface area contributed by atoms with E-state index in [-0.39, 0.29) is 47.0 Å². The lowest BCUT2D eigenvalue weighted by atomic mass is 9.94. The van der Waals surface area contributed by atoms with E-state index in [9.17, 15) is 22.4 Å². The number of halogens is 1. The summed E-state index contributed by atoms with van der Waals surface area (Å²) in [6.07, 6.45) is 4.85. The average Bonchev–Trinajstić information content (AvgIpc) is 3.18. The van der Waals surface area contributed by atoms with Crippen molar-refractivity contribution in [1.29, 1.82) is 0 Å². The summed E-state index contributed by atoms with van der Waals surface area (Å²) in [4.78, 5) is 30.5. The highest BCUT2D eigenvalue weighted by atomic mass is 32.2. The van der Waals surface area contributed by atoms with Crippen LogP contribution in [0.2, 0.25) is 0 Å². The number of carbonyl (C=O) groups excluding carboxylic acids is 2. The predicted octanol–water partition coefficient (Wildman–Crippen LogP) is 6.14. The molecule has 0 aromatic heterocycles. The molecule has 0 heterocycles. The molecular weight excluding hydrogens is 702 g/mol. The van der Waals surface area contributed by atoms with Gasteiger partial charge in [0.05, 0.1) is 39.0 Å². The van der Waals surface area contributed by atoms with Crippen molar-refractivity contribution in [3.63, 3.8) is 0 Å². The third-order valence-corrected chi connectivity index (χ3v) is 11.1. The molecule has 5 rings (SSSR count). The van der Waals surface area contributed by atoms with Crippen molar-refractivity contribution in [3.05, 3.63) is 108 Å². The molecule has 1 atom stereocenters. The topological polar surface area (TPSA) is 124 Å². The third-order valence-electron chi connectivity index (χ3n) is 9.37. The molecule has 0 radical (unpaired) electrons. The molecule has 1 aliphatic rings. The summed E-state index contributed by atoms with van der Waals surface area (Å²) >= 11 is 0. The number of nitrogens with zero attached hydrogens (tertiary/aromatic N) is 2. The van der Waals surface area contributed by atoms with Gasteiger partial charge < -0.3 is 29.2 Å². The summed E-state index contributed by atoms with van der Waals surface area (Å²) in [6.45, 7) is -0.836. The van der Waals surface area contributed by atoms with Crippen LogP contribution in [0.15, 0.2) is 95.9 Å². The Morgan fingerprint density at radius 1 is 0.774 bits per heavy atom. The number of anilines is 1. The van der Waals surface area contributed by atoms with Crippen molar-refractivity contribution in [3.8, 4) is 23.0 Å². The van der Waals surface area contributed by atoms with Crippen LogP contribution in [-0.4, -0.2) is 72.2 Å². The van der Waals surface area contributed by atoms with Crippen molar-refractivity contribution in [1.82, 2.24) is 10.2 Å². The van der Waals surface area contributed by atoms with E-state index in [1.165, 1.54) is 81.9 Å². The molecule has 0 saturated heterocycles. The molecule has 2 amide bonds. The molecule has 0 aliphatic heterocycles. The molecule has 1 aliphatic carbocycles. The first-order valence-corrected chi connectivity index (χ1v) is 18.9. The quantitative estimate of drug-likeness (QED) is 0.145. The molecular formula is C40H46FN3O8S. The number of hydrogen-bond donors (Lipinski definition) is 1. The van der Waals surface area contributed by atoms with Crippen LogP contribution >= 0.6 is 0 Å². The molecule has 282 valence electrons. The molecule has 1 fully saturated rings. The molecule has 4 aromatic carbocycles. The minimum Gasteiger partial charge on any atom is -0.497 e. The van der Waals surface area contributed by atoms with Crippen LogP contribution in [0.3, 0.4) is 0 Å². The number of hydrogen-bond acceptors (Lipinski definition) is 8. The van der Waals surface area contributed by atoms with Crippen LogP contribution in [0.4, 0.5) is 10.1 Å². The summed E-state index contributed by atoms with van der Waals surface area (Å²) < 4.78 is 66.2. The summed E-state index contributed by atoms with van der Waals surface area (Å²) in [6, 6.07) is 22.6. The molecule has 53 heavy (non-hydrogen) atoms. The Kier molecular flexibility index (Phi) is 13.2. The van der Waals surface area contributed by atoms with Crippen molar-refractivity contribution < 1.29 is 41.3 Å². The fraction of sp³-hybridized carbons (Fsp3) is 0.350.